The first-order valence-electron chi connectivity index (χ1n) is 8.90. The van der Waals surface area contributed by atoms with Crippen molar-refractivity contribution in [1.82, 2.24) is 10.3 Å². The number of amides is 1. The number of anilines is 1. The van der Waals surface area contributed by atoms with Gasteiger partial charge in [-0.15, -0.1) is 11.3 Å². The fourth-order valence-electron chi connectivity index (χ4n) is 3.75. The van der Waals surface area contributed by atoms with Crippen LogP contribution in [0.25, 0.3) is 22.4 Å². The van der Waals surface area contributed by atoms with Crippen molar-refractivity contribution in [3.63, 3.8) is 0 Å². The molecule has 138 valence electrons. The first kappa shape index (κ1) is 17.5. The quantitative estimate of drug-likeness (QED) is 0.594. The van der Waals surface area contributed by atoms with E-state index in [4.69, 9.17) is 5.73 Å². The molecule has 3 aromatic rings. The van der Waals surface area contributed by atoms with Crippen LogP contribution in [0, 0.1) is 6.92 Å². The summed E-state index contributed by atoms with van der Waals surface area (Å²) in [6.07, 6.45) is 3.39. The standard InChI is InChI=1S/C21H21N3O2S/c1-13-17(7-10-27-13)18-11-16(22)12-23-19(18)14-3-5-15(6-4-14)21(8-2-9-21)24-20(25)26/h3-7,10-12,24H,2,8-9,22H2,1H3,(H,25,26). The Bertz CT molecular complexity index is 991. The van der Waals surface area contributed by atoms with Crippen molar-refractivity contribution in [3.05, 3.63) is 58.4 Å². The van der Waals surface area contributed by atoms with Crippen LogP contribution >= 0.6 is 11.3 Å². The van der Waals surface area contributed by atoms with Gasteiger partial charge in [0.25, 0.3) is 0 Å². The zero-order valence-corrected chi connectivity index (χ0v) is 15.8. The average Bonchev–Trinajstić information content (AvgIpc) is 3.04. The molecule has 1 aliphatic carbocycles. The summed E-state index contributed by atoms with van der Waals surface area (Å²) >= 11 is 1.70. The Morgan fingerprint density at radius 3 is 2.52 bits per heavy atom. The Morgan fingerprint density at radius 2 is 1.96 bits per heavy atom. The summed E-state index contributed by atoms with van der Waals surface area (Å²) in [6, 6.07) is 12.1. The van der Waals surface area contributed by atoms with Gasteiger partial charge in [-0.2, -0.15) is 0 Å². The fourth-order valence-corrected chi connectivity index (χ4v) is 4.46. The van der Waals surface area contributed by atoms with Gasteiger partial charge in [-0.05, 0) is 54.8 Å². The molecule has 1 aliphatic rings. The molecule has 4 rings (SSSR count). The third-order valence-electron chi connectivity index (χ3n) is 5.32. The van der Waals surface area contributed by atoms with Gasteiger partial charge < -0.3 is 16.2 Å². The van der Waals surface area contributed by atoms with E-state index in [1.807, 2.05) is 30.3 Å². The van der Waals surface area contributed by atoms with E-state index >= 15 is 0 Å². The van der Waals surface area contributed by atoms with Gasteiger partial charge >= 0.3 is 6.09 Å². The molecule has 2 aromatic heterocycles. The van der Waals surface area contributed by atoms with Crippen molar-refractivity contribution in [2.24, 2.45) is 0 Å². The van der Waals surface area contributed by atoms with E-state index in [0.29, 0.717) is 5.69 Å². The molecule has 1 saturated carbocycles. The van der Waals surface area contributed by atoms with Crippen LogP contribution in [0.5, 0.6) is 0 Å². The van der Waals surface area contributed by atoms with Crippen LogP contribution in [0.1, 0.15) is 29.7 Å². The Morgan fingerprint density at radius 1 is 1.22 bits per heavy atom. The van der Waals surface area contributed by atoms with Gasteiger partial charge in [0.2, 0.25) is 0 Å². The predicted molar refractivity (Wildman–Crippen MR) is 109 cm³/mol. The van der Waals surface area contributed by atoms with Gasteiger partial charge in [0, 0.05) is 16.0 Å². The van der Waals surface area contributed by atoms with E-state index in [0.717, 1.165) is 47.2 Å². The van der Waals surface area contributed by atoms with Crippen molar-refractivity contribution < 1.29 is 9.90 Å². The van der Waals surface area contributed by atoms with Crippen LogP contribution in [0.4, 0.5) is 10.5 Å². The van der Waals surface area contributed by atoms with Crippen LogP contribution in [0.3, 0.4) is 0 Å². The molecular formula is C21H21N3O2S. The molecule has 1 fully saturated rings. The molecule has 5 nitrogen and oxygen atoms in total. The molecule has 6 heteroatoms. The predicted octanol–water partition coefficient (Wildman–Crippen LogP) is 5.01. The third kappa shape index (κ3) is 3.17. The number of rotatable bonds is 4. The van der Waals surface area contributed by atoms with Crippen molar-refractivity contribution in [3.8, 4) is 22.4 Å². The number of carbonyl (C=O) groups is 1. The number of pyridine rings is 1. The Balaban J connectivity index is 1.73. The summed E-state index contributed by atoms with van der Waals surface area (Å²) < 4.78 is 0. The molecule has 0 aliphatic heterocycles. The highest BCUT2D eigenvalue weighted by Crippen LogP contribution is 2.42. The van der Waals surface area contributed by atoms with Crippen LogP contribution in [0.15, 0.2) is 48.0 Å². The molecule has 27 heavy (non-hydrogen) atoms. The van der Waals surface area contributed by atoms with E-state index in [1.165, 1.54) is 4.88 Å². The highest BCUT2D eigenvalue weighted by Gasteiger charge is 2.40. The summed E-state index contributed by atoms with van der Waals surface area (Å²) in [5.74, 6) is 0. The molecule has 0 spiro atoms. The van der Waals surface area contributed by atoms with Gasteiger partial charge in [-0.25, -0.2) is 4.79 Å². The van der Waals surface area contributed by atoms with Gasteiger partial charge in [0.1, 0.15) is 0 Å². The van der Waals surface area contributed by atoms with Crippen molar-refractivity contribution in [2.75, 3.05) is 5.73 Å². The van der Waals surface area contributed by atoms with Gasteiger partial charge in [0.15, 0.2) is 0 Å². The molecule has 0 bridgehead atoms. The summed E-state index contributed by atoms with van der Waals surface area (Å²) in [5, 5.41) is 13.9. The number of aromatic nitrogens is 1. The summed E-state index contributed by atoms with van der Waals surface area (Å²) in [5.41, 5.74) is 11.2. The van der Waals surface area contributed by atoms with Crippen LogP contribution in [-0.2, 0) is 5.54 Å². The van der Waals surface area contributed by atoms with E-state index < -0.39 is 11.6 Å². The molecule has 2 heterocycles. The minimum absolute atomic E-state index is 0.453. The van der Waals surface area contributed by atoms with Crippen molar-refractivity contribution in [2.45, 2.75) is 31.7 Å². The SMILES string of the molecule is Cc1sccc1-c1cc(N)cnc1-c1ccc(C2(NC(=O)O)CCC2)cc1. The number of nitrogens with two attached hydrogens (primary N) is 1. The first-order chi connectivity index (χ1) is 13.0. The fraction of sp³-hybridized carbons (Fsp3) is 0.238. The van der Waals surface area contributed by atoms with Crippen LogP contribution < -0.4 is 11.1 Å². The van der Waals surface area contributed by atoms with Gasteiger partial charge in [-0.3, -0.25) is 4.98 Å². The Hall–Kier alpha value is -2.86. The highest BCUT2D eigenvalue weighted by atomic mass is 32.1. The third-order valence-corrected chi connectivity index (χ3v) is 6.17. The molecule has 0 saturated heterocycles. The zero-order chi connectivity index (χ0) is 19.0. The summed E-state index contributed by atoms with van der Waals surface area (Å²) in [4.78, 5) is 17.0. The lowest BCUT2D eigenvalue weighted by Gasteiger charge is -2.42. The maximum absolute atomic E-state index is 11.2. The second-order valence-corrected chi connectivity index (χ2v) is 8.12. The summed E-state index contributed by atoms with van der Waals surface area (Å²) in [7, 11) is 0. The number of aryl methyl sites for hydroxylation is 1. The number of hydrogen-bond donors (Lipinski definition) is 3. The number of nitrogens with one attached hydrogen (secondary N) is 1. The Labute approximate surface area is 161 Å². The molecule has 1 amide bonds. The second kappa shape index (κ2) is 6.70. The summed E-state index contributed by atoms with van der Waals surface area (Å²) in [6.45, 7) is 2.09. The lowest BCUT2D eigenvalue weighted by molar-refractivity contribution is 0.144. The number of benzene rings is 1. The zero-order valence-electron chi connectivity index (χ0n) is 15.0. The first-order valence-corrected chi connectivity index (χ1v) is 9.78. The molecular weight excluding hydrogens is 358 g/mol. The van der Waals surface area contributed by atoms with Gasteiger partial charge in [0.05, 0.1) is 23.1 Å². The molecule has 1 aromatic carbocycles. The number of nitrogen functional groups attached to an aromatic ring is 1. The van der Waals surface area contributed by atoms with Crippen LogP contribution in [-0.4, -0.2) is 16.2 Å². The second-order valence-electron chi connectivity index (χ2n) is 7.00. The normalized spacial score (nSPS) is 15.1. The lowest BCUT2D eigenvalue weighted by Crippen LogP contribution is -2.50. The Kier molecular flexibility index (Phi) is 4.36. The van der Waals surface area contributed by atoms with Crippen LogP contribution in [0.2, 0.25) is 0 Å². The molecule has 0 atom stereocenters. The average molecular weight is 379 g/mol. The minimum atomic E-state index is -0.978. The maximum Gasteiger partial charge on any atom is 0.405 e. The topological polar surface area (TPSA) is 88.2 Å². The molecule has 0 unspecified atom stereocenters. The smallest absolute Gasteiger partial charge is 0.405 e. The minimum Gasteiger partial charge on any atom is -0.465 e. The molecule has 4 N–H and O–H groups in total. The van der Waals surface area contributed by atoms with E-state index in [2.05, 4.69) is 28.7 Å². The maximum atomic E-state index is 11.2. The molecule has 0 radical (unpaired) electrons. The highest BCUT2D eigenvalue weighted by molar-refractivity contribution is 7.10. The monoisotopic (exact) mass is 379 g/mol. The van der Waals surface area contributed by atoms with E-state index in [9.17, 15) is 9.90 Å². The lowest BCUT2D eigenvalue weighted by atomic mass is 9.71. The number of carboxylic acid groups (broad SMARTS) is 1. The van der Waals surface area contributed by atoms with E-state index in [-0.39, 0.29) is 0 Å². The van der Waals surface area contributed by atoms with E-state index in [1.54, 1.807) is 17.5 Å². The number of thiophene rings is 1. The van der Waals surface area contributed by atoms with Gasteiger partial charge in [-0.1, -0.05) is 24.3 Å². The number of nitrogens with zero attached hydrogens (tertiary/aromatic N) is 1. The van der Waals surface area contributed by atoms with Crippen molar-refractivity contribution in [1.29, 1.82) is 0 Å². The largest absolute Gasteiger partial charge is 0.465 e. The number of hydrogen-bond acceptors (Lipinski definition) is 4. The van der Waals surface area contributed by atoms with Crippen molar-refractivity contribution >= 4 is 23.1 Å².